The van der Waals surface area contributed by atoms with Gasteiger partial charge in [-0.15, -0.1) is 0 Å². The van der Waals surface area contributed by atoms with E-state index in [0.717, 1.165) is 0 Å². The minimum Gasteiger partial charge on any atom is -0.472 e. The van der Waals surface area contributed by atoms with Gasteiger partial charge in [0.2, 0.25) is 5.78 Å². The first-order chi connectivity index (χ1) is 6.77. The van der Waals surface area contributed by atoms with E-state index in [9.17, 15) is 4.79 Å². The average molecular weight is 188 g/mol. The molecule has 14 heavy (non-hydrogen) atoms. The van der Waals surface area contributed by atoms with Gasteiger partial charge in [-0.2, -0.15) is 0 Å². The lowest BCUT2D eigenvalue weighted by atomic mass is 10.1. The van der Waals surface area contributed by atoms with Gasteiger partial charge in [0.15, 0.2) is 0 Å². The van der Waals surface area contributed by atoms with Crippen LogP contribution in [0.2, 0.25) is 0 Å². The first-order valence-corrected chi connectivity index (χ1v) is 4.14. The van der Waals surface area contributed by atoms with Crippen molar-refractivity contribution in [2.75, 3.05) is 0 Å². The summed E-state index contributed by atoms with van der Waals surface area (Å²) in [5.41, 5.74) is 0.891. The van der Waals surface area contributed by atoms with Gasteiger partial charge in [0.25, 0.3) is 0 Å². The molecule has 0 aliphatic carbocycles. The minimum absolute atomic E-state index is 0.149. The van der Waals surface area contributed by atoms with E-state index in [1.54, 1.807) is 25.3 Å². The highest BCUT2D eigenvalue weighted by atomic mass is 16.3. The highest BCUT2D eigenvalue weighted by Crippen LogP contribution is 2.07. The van der Waals surface area contributed by atoms with Crippen LogP contribution in [0.3, 0.4) is 0 Å². The fourth-order valence-corrected chi connectivity index (χ4v) is 1.12. The maximum Gasteiger partial charge on any atom is 0.214 e. The number of rotatable bonds is 2. The Labute approximate surface area is 80.6 Å². The molecule has 2 aromatic rings. The molecule has 4 heteroatoms. The topological polar surface area (TPSA) is 56.0 Å². The molecule has 0 atom stereocenters. The third kappa shape index (κ3) is 1.54. The van der Waals surface area contributed by atoms with Crippen LogP contribution in [0.25, 0.3) is 0 Å². The normalized spacial score (nSPS) is 10.1. The highest BCUT2D eigenvalue weighted by molar-refractivity contribution is 6.07. The van der Waals surface area contributed by atoms with Crippen molar-refractivity contribution in [3.8, 4) is 0 Å². The Balaban J connectivity index is 2.37. The maximum atomic E-state index is 11.7. The summed E-state index contributed by atoms with van der Waals surface area (Å²) in [6.45, 7) is 1.74. The number of hydrogen-bond donors (Lipinski definition) is 0. The molecule has 0 aliphatic heterocycles. The van der Waals surface area contributed by atoms with Crippen molar-refractivity contribution in [1.82, 2.24) is 9.97 Å². The summed E-state index contributed by atoms with van der Waals surface area (Å²) in [5, 5.41) is 0. The predicted octanol–water partition coefficient (Wildman–Crippen LogP) is 1.61. The predicted molar refractivity (Wildman–Crippen MR) is 48.9 cm³/mol. The second-order valence-corrected chi connectivity index (χ2v) is 2.83. The summed E-state index contributed by atoms with van der Waals surface area (Å²) >= 11 is 0. The molecular weight excluding hydrogens is 180 g/mol. The monoisotopic (exact) mass is 188 g/mol. The molecule has 70 valence electrons. The molecule has 2 rings (SSSR count). The Kier molecular flexibility index (Phi) is 2.10. The van der Waals surface area contributed by atoms with Gasteiger partial charge in [-0.3, -0.25) is 4.79 Å². The van der Waals surface area contributed by atoms with Gasteiger partial charge in [-0.05, 0) is 19.1 Å². The molecule has 0 aliphatic rings. The summed E-state index contributed by atoms with van der Waals surface area (Å²) < 4.78 is 4.82. The van der Waals surface area contributed by atoms with Crippen LogP contribution >= 0.6 is 0 Å². The van der Waals surface area contributed by atoms with Crippen LogP contribution in [0.1, 0.15) is 21.9 Å². The van der Waals surface area contributed by atoms with Crippen molar-refractivity contribution < 1.29 is 9.21 Å². The molecule has 2 heterocycles. The molecule has 0 saturated carbocycles. The average Bonchev–Trinajstić information content (AvgIpc) is 2.69. The zero-order chi connectivity index (χ0) is 9.97. The van der Waals surface area contributed by atoms with Gasteiger partial charge < -0.3 is 4.42 Å². The van der Waals surface area contributed by atoms with Crippen LogP contribution in [0.5, 0.6) is 0 Å². The second-order valence-electron chi connectivity index (χ2n) is 2.83. The van der Waals surface area contributed by atoms with Crippen molar-refractivity contribution in [3.05, 3.63) is 47.9 Å². The first-order valence-electron chi connectivity index (χ1n) is 4.14. The summed E-state index contributed by atoms with van der Waals surface area (Å²) in [6.07, 6.45) is 4.43. The van der Waals surface area contributed by atoms with E-state index in [0.29, 0.717) is 17.1 Å². The standard InChI is InChI=1S/C10H8N2O2/c1-7-11-4-2-9(12-7)10(13)8-3-5-14-6-8/h2-6H,1H3. The number of furan rings is 1. The van der Waals surface area contributed by atoms with Crippen molar-refractivity contribution in [2.45, 2.75) is 6.92 Å². The van der Waals surface area contributed by atoms with Crippen molar-refractivity contribution in [3.63, 3.8) is 0 Å². The summed E-state index contributed by atoms with van der Waals surface area (Å²) in [5.74, 6) is 0.434. The number of carbonyl (C=O) groups excluding carboxylic acids is 1. The Morgan fingerprint density at radius 1 is 1.43 bits per heavy atom. The van der Waals surface area contributed by atoms with Crippen LogP contribution in [0, 0.1) is 6.92 Å². The van der Waals surface area contributed by atoms with E-state index in [2.05, 4.69) is 9.97 Å². The molecule has 0 spiro atoms. The number of ketones is 1. The van der Waals surface area contributed by atoms with Gasteiger partial charge in [0.05, 0.1) is 11.8 Å². The third-order valence-corrected chi connectivity index (χ3v) is 1.79. The zero-order valence-electron chi connectivity index (χ0n) is 7.60. The SMILES string of the molecule is Cc1nccc(C(=O)c2ccoc2)n1. The van der Waals surface area contributed by atoms with Crippen molar-refractivity contribution >= 4 is 5.78 Å². The largest absolute Gasteiger partial charge is 0.472 e. The van der Waals surface area contributed by atoms with E-state index in [1.165, 1.54) is 12.5 Å². The molecule has 0 amide bonds. The fraction of sp³-hybridized carbons (Fsp3) is 0.100. The van der Waals surface area contributed by atoms with E-state index in [-0.39, 0.29) is 5.78 Å². The molecule has 0 saturated heterocycles. The Bertz CT molecular complexity index is 449. The van der Waals surface area contributed by atoms with E-state index < -0.39 is 0 Å². The molecule has 0 radical (unpaired) electrons. The number of aromatic nitrogens is 2. The zero-order valence-corrected chi connectivity index (χ0v) is 7.60. The smallest absolute Gasteiger partial charge is 0.214 e. The lowest BCUT2D eigenvalue weighted by Crippen LogP contribution is -2.04. The Morgan fingerprint density at radius 2 is 2.29 bits per heavy atom. The summed E-state index contributed by atoms with van der Waals surface area (Å²) in [6, 6.07) is 3.20. The van der Waals surface area contributed by atoms with Crippen LogP contribution in [-0.4, -0.2) is 15.8 Å². The van der Waals surface area contributed by atoms with E-state index >= 15 is 0 Å². The van der Waals surface area contributed by atoms with Gasteiger partial charge >= 0.3 is 0 Å². The molecular formula is C10H8N2O2. The van der Waals surface area contributed by atoms with Gasteiger partial charge in [0, 0.05) is 6.20 Å². The molecule has 4 nitrogen and oxygen atoms in total. The molecule has 2 aromatic heterocycles. The van der Waals surface area contributed by atoms with Crippen LogP contribution in [0.15, 0.2) is 35.3 Å². The number of aryl methyl sites for hydroxylation is 1. The first kappa shape index (κ1) is 8.62. The van der Waals surface area contributed by atoms with E-state index in [4.69, 9.17) is 4.42 Å². The molecule has 0 N–H and O–H groups in total. The van der Waals surface area contributed by atoms with E-state index in [1.807, 2.05) is 0 Å². The highest BCUT2D eigenvalue weighted by Gasteiger charge is 2.11. The van der Waals surface area contributed by atoms with Crippen LogP contribution in [-0.2, 0) is 0 Å². The van der Waals surface area contributed by atoms with Gasteiger partial charge in [0.1, 0.15) is 17.8 Å². The second kappa shape index (κ2) is 3.41. The fourth-order valence-electron chi connectivity index (χ4n) is 1.12. The van der Waals surface area contributed by atoms with Gasteiger partial charge in [-0.25, -0.2) is 9.97 Å². The summed E-state index contributed by atoms with van der Waals surface area (Å²) in [7, 11) is 0. The van der Waals surface area contributed by atoms with Crippen LogP contribution < -0.4 is 0 Å². The third-order valence-electron chi connectivity index (χ3n) is 1.79. The number of nitrogens with zero attached hydrogens (tertiary/aromatic N) is 2. The summed E-state index contributed by atoms with van der Waals surface area (Å²) in [4.78, 5) is 19.7. The molecule has 0 bridgehead atoms. The van der Waals surface area contributed by atoms with Crippen molar-refractivity contribution in [2.24, 2.45) is 0 Å². The Morgan fingerprint density at radius 3 is 2.93 bits per heavy atom. The van der Waals surface area contributed by atoms with Crippen LogP contribution in [0.4, 0.5) is 0 Å². The maximum absolute atomic E-state index is 11.7. The lowest BCUT2D eigenvalue weighted by Gasteiger charge is -1.96. The molecule has 0 unspecified atom stereocenters. The molecule has 0 fully saturated rings. The lowest BCUT2D eigenvalue weighted by molar-refractivity contribution is 0.103. The molecule has 0 aromatic carbocycles. The number of carbonyl (C=O) groups is 1. The quantitative estimate of drug-likeness (QED) is 0.672. The van der Waals surface area contributed by atoms with Gasteiger partial charge in [-0.1, -0.05) is 0 Å². The minimum atomic E-state index is -0.149. The Hall–Kier alpha value is -1.97. The van der Waals surface area contributed by atoms with Crippen molar-refractivity contribution in [1.29, 1.82) is 0 Å². The number of hydrogen-bond acceptors (Lipinski definition) is 4.